The minimum atomic E-state index is -0.100. The van der Waals surface area contributed by atoms with Gasteiger partial charge in [0.05, 0.1) is 22.2 Å². The van der Waals surface area contributed by atoms with Crippen molar-refractivity contribution in [3.05, 3.63) is 175 Å². The Morgan fingerprint density at radius 1 is 0.473 bits per heavy atom. The summed E-state index contributed by atoms with van der Waals surface area (Å²) in [6, 6.07) is 59.0. The van der Waals surface area contributed by atoms with E-state index in [1.807, 2.05) is 4.52 Å². The molecule has 55 heavy (non-hydrogen) atoms. The first kappa shape index (κ1) is 30.4. The fourth-order valence-electron chi connectivity index (χ4n) is 9.34. The quantitative estimate of drug-likeness (QED) is 0.184. The van der Waals surface area contributed by atoms with Gasteiger partial charge in [-0.1, -0.05) is 129 Å². The molecule has 0 saturated carbocycles. The molecule has 0 fully saturated rings. The van der Waals surface area contributed by atoms with Crippen molar-refractivity contribution in [2.75, 3.05) is 0 Å². The van der Waals surface area contributed by atoms with Gasteiger partial charge in [0.1, 0.15) is 0 Å². The Morgan fingerprint density at radius 2 is 1.07 bits per heavy atom. The van der Waals surface area contributed by atoms with Gasteiger partial charge < -0.3 is 4.57 Å². The second-order valence-corrected chi connectivity index (χ2v) is 15.3. The van der Waals surface area contributed by atoms with Gasteiger partial charge in [-0.15, -0.1) is 5.10 Å². The fraction of sp³-hybridized carbons (Fsp3) is 0.0600. The van der Waals surface area contributed by atoms with E-state index in [1.54, 1.807) is 0 Å². The predicted octanol–water partition coefficient (Wildman–Crippen LogP) is 12.3. The Bertz CT molecular complexity index is 3310. The van der Waals surface area contributed by atoms with Crippen molar-refractivity contribution >= 4 is 60.0 Å². The molecule has 5 heteroatoms. The van der Waals surface area contributed by atoms with Crippen LogP contribution in [0.5, 0.6) is 0 Å². The van der Waals surface area contributed by atoms with E-state index in [0.717, 1.165) is 33.4 Å². The molecule has 0 spiro atoms. The van der Waals surface area contributed by atoms with Crippen LogP contribution in [0.15, 0.2) is 164 Å². The van der Waals surface area contributed by atoms with E-state index in [9.17, 15) is 0 Å². The van der Waals surface area contributed by atoms with Gasteiger partial charge >= 0.3 is 0 Å². The van der Waals surface area contributed by atoms with E-state index >= 15 is 0 Å². The maximum Gasteiger partial charge on any atom is 0.253 e. The van der Waals surface area contributed by atoms with Gasteiger partial charge in [-0.25, -0.2) is 4.98 Å². The van der Waals surface area contributed by atoms with Crippen LogP contribution in [0.25, 0.3) is 99.5 Å². The van der Waals surface area contributed by atoms with Crippen molar-refractivity contribution in [1.29, 1.82) is 0 Å². The first-order valence-corrected chi connectivity index (χ1v) is 18.9. The zero-order valence-electron chi connectivity index (χ0n) is 30.3. The van der Waals surface area contributed by atoms with Gasteiger partial charge in [-0.3, -0.25) is 0 Å². The highest BCUT2D eigenvalue weighted by molar-refractivity contribution is 6.28. The van der Waals surface area contributed by atoms with Crippen molar-refractivity contribution in [2.45, 2.75) is 19.3 Å². The number of nitrogens with zero attached hydrogens (tertiary/aromatic N) is 5. The van der Waals surface area contributed by atoms with E-state index in [0.29, 0.717) is 11.6 Å². The van der Waals surface area contributed by atoms with E-state index in [-0.39, 0.29) is 5.41 Å². The highest BCUT2D eigenvalue weighted by Crippen LogP contribution is 2.50. The molecule has 0 amide bonds. The van der Waals surface area contributed by atoms with Crippen molar-refractivity contribution in [1.82, 2.24) is 24.1 Å². The van der Waals surface area contributed by atoms with Crippen molar-refractivity contribution in [3.63, 3.8) is 0 Å². The second-order valence-electron chi connectivity index (χ2n) is 15.3. The lowest BCUT2D eigenvalue weighted by atomic mass is 9.82. The molecule has 3 aromatic heterocycles. The lowest BCUT2D eigenvalue weighted by Crippen LogP contribution is -2.15. The van der Waals surface area contributed by atoms with Gasteiger partial charge in [0.15, 0.2) is 5.82 Å². The maximum absolute atomic E-state index is 5.20. The van der Waals surface area contributed by atoms with Crippen LogP contribution >= 0.6 is 0 Å². The number of fused-ring (bicyclic) bond motifs is 13. The summed E-state index contributed by atoms with van der Waals surface area (Å²) >= 11 is 0. The molecule has 3 heterocycles. The summed E-state index contributed by atoms with van der Waals surface area (Å²) in [7, 11) is 0. The van der Waals surface area contributed by atoms with Gasteiger partial charge in [0.2, 0.25) is 0 Å². The molecule has 12 rings (SSSR count). The molecule has 0 aliphatic heterocycles. The highest BCUT2D eigenvalue weighted by atomic mass is 15.3. The zero-order chi connectivity index (χ0) is 36.4. The number of hydrogen-bond donors (Lipinski definition) is 0. The van der Waals surface area contributed by atoms with Gasteiger partial charge in [-0.05, 0) is 92.3 Å². The molecule has 0 bridgehead atoms. The van der Waals surface area contributed by atoms with Crippen LogP contribution in [0.3, 0.4) is 0 Å². The molecule has 258 valence electrons. The summed E-state index contributed by atoms with van der Waals surface area (Å²) in [4.78, 5) is 10.3. The maximum atomic E-state index is 5.20. The molecular weight excluding hydrogens is 671 g/mol. The van der Waals surface area contributed by atoms with E-state index in [2.05, 4.69) is 182 Å². The third-order valence-corrected chi connectivity index (χ3v) is 12.0. The number of hydrogen-bond acceptors (Lipinski definition) is 3. The molecule has 0 N–H and O–H groups in total. The number of benzene rings is 8. The number of aromatic nitrogens is 5. The monoisotopic (exact) mass is 703 g/mol. The fourth-order valence-corrected chi connectivity index (χ4v) is 9.34. The van der Waals surface area contributed by atoms with Crippen LogP contribution in [-0.4, -0.2) is 24.1 Å². The molecule has 0 saturated heterocycles. The molecule has 5 nitrogen and oxygen atoms in total. The third kappa shape index (κ3) is 4.21. The standard InChI is InChI=1S/C50H33N5/c1-50(2)40-17-9-7-15-37(40)38-26-21-33(29-41(38)50)47-39-16-8-10-18-42(39)55-49(51-47)52-48(53-55)32-19-24-34(25-20-32)54-43-27-22-30-11-3-5-13-35(30)45(43)46-36-14-6-4-12-31(36)23-28-44(46)54/h3-29H,1-2H3. The topological polar surface area (TPSA) is 48.0 Å². The van der Waals surface area contributed by atoms with Crippen LogP contribution in [0.2, 0.25) is 0 Å². The van der Waals surface area contributed by atoms with Crippen LogP contribution in [0, 0.1) is 0 Å². The zero-order valence-corrected chi connectivity index (χ0v) is 30.3. The summed E-state index contributed by atoms with van der Waals surface area (Å²) in [5.41, 5.74) is 12.6. The van der Waals surface area contributed by atoms with Crippen molar-refractivity contribution in [2.24, 2.45) is 0 Å². The second kappa shape index (κ2) is 11.0. The van der Waals surface area contributed by atoms with Crippen LogP contribution in [-0.2, 0) is 5.41 Å². The van der Waals surface area contributed by atoms with E-state index in [4.69, 9.17) is 15.1 Å². The van der Waals surface area contributed by atoms with Crippen LogP contribution in [0.4, 0.5) is 0 Å². The third-order valence-electron chi connectivity index (χ3n) is 12.0. The summed E-state index contributed by atoms with van der Waals surface area (Å²) in [5, 5.41) is 13.7. The Kier molecular flexibility index (Phi) is 6.05. The summed E-state index contributed by atoms with van der Waals surface area (Å²) < 4.78 is 4.28. The van der Waals surface area contributed by atoms with Gasteiger partial charge in [0, 0.05) is 38.4 Å². The SMILES string of the molecule is CC1(C)c2ccccc2-c2ccc(-c3nc4nc(-c5ccc(-n6c7ccc8ccccc8c7c7c8ccccc8ccc76)cc5)nn4c4ccccc34)cc21. The first-order chi connectivity index (χ1) is 27.0. The van der Waals surface area contributed by atoms with E-state index < -0.39 is 0 Å². The lowest BCUT2D eigenvalue weighted by molar-refractivity contribution is 0.660. The predicted molar refractivity (Wildman–Crippen MR) is 226 cm³/mol. The van der Waals surface area contributed by atoms with Gasteiger partial charge in [-0.2, -0.15) is 9.50 Å². The molecule has 8 aromatic carbocycles. The number of para-hydroxylation sites is 1. The molecule has 1 aliphatic carbocycles. The summed E-state index contributed by atoms with van der Waals surface area (Å²) in [6.45, 7) is 4.63. The van der Waals surface area contributed by atoms with E-state index in [1.165, 1.54) is 65.6 Å². The normalized spacial score (nSPS) is 13.4. The minimum absolute atomic E-state index is 0.100. The van der Waals surface area contributed by atoms with Crippen molar-refractivity contribution < 1.29 is 0 Å². The minimum Gasteiger partial charge on any atom is -0.309 e. The molecule has 0 unspecified atom stereocenters. The highest BCUT2D eigenvalue weighted by Gasteiger charge is 2.35. The Hall–Kier alpha value is -7.11. The Balaban J connectivity index is 0.995. The smallest absolute Gasteiger partial charge is 0.253 e. The lowest BCUT2D eigenvalue weighted by Gasteiger charge is -2.22. The largest absolute Gasteiger partial charge is 0.309 e. The average molecular weight is 704 g/mol. The Labute approximate surface area is 316 Å². The summed E-state index contributed by atoms with van der Waals surface area (Å²) in [6.07, 6.45) is 0. The molecule has 11 aromatic rings. The molecule has 1 aliphatic rings. The molecular formula is C50H33N5. The van der Waals surface area contributed by atoms with Crippen molar-refractivity contribution in [3.8, 4) is 39.5 Å². The Morgan fingerprint density at radius 3 is 1.80 bits per heavy atom. The number of rotatable bonds is 3. The molecule has 0 atom stereocenters. The van der Waals surface area contributed by atoms with Gasteiger partial charge in [0.25, 0.3) is 5.78 Å². The van der Waals surface area contributed by atoms with Crippen LogP contribution in [0.1, 0.15) is 25.0 Å². The average Bonchev–Trinajstić information content (AvgIpc) is 3.89. The first-order valence-electron chi connectivity index (χ1n) is 18.9. The summed E-state index contributed by atoms with van der Waals surface area (Å²) in [5.74, 6) is 1.23. The van der Waals surface area contributed by atoms with Crippen LogP contribution < -0.4 is 0 Å². The molecule has 0 radical (unpaired) electrons.